The van der Waals surface area contributed by atoms with E-state index in [-0.39, 0.29) is 24.3 Å². The van der Waals surface area contributed by atoms with Crippen LogP contribution in [0.2, 0.25) is 0 Å². The largest absolute Gasteiger partial charge is 0.354 e. The van der Waals surface area contributed by atoms with Crippen molar-refractivity contribution in [1.29, 1.82) is 5.26 Å². The van der Waals surface area contributed by atoms with Crippen molar-refractivity contribution < 1.29 is 9.59 Å². The molecule has 94 valence electrons. The molecule has 17 heavy (non-hydrogen) atoms. The minimum absolute atomic E-state index is 0.0834. The highest BCUT2D eigenvalue weighted by Crippen LogP contribution is 2.40. The standard InChI is InChI=1S/C12H19N3O2/c1-9(2)15-10(16)4-7-14-11(17)12(8-13)5-3-6-12/h9H,3-7H2,1-2H3,(H,14,17)(H,15,16). The Labute approximate surface area is 102 Å². The van der Waals surface area contributed by atoms with Gasteiger partial charge in [-0.1, -0.05) is 0 Å². The van der Waals surface area contributed by atoms with Gasteiger partial charge in [0.1, 0.15) is 5.41 Å². The Morgan fingerprint density at radius 2 is 2.06 bits per heavy atom. The number of hydrogen-bond donors (Lipinski definition) is 2. The van der Waals surface area contributed by atoms with Crippen molar-refractivity contribution >= 4 is 11.8 Å². The van der Waals surface area contributed by atoms with Crippen molar-refractivity contribution in [2.45, 2.75) is 45.6 Å². The van der Waals surface area contributed by atoms with Gasteiger partial charge >= 0.3 is 0 Å². The van der Waals surface area contributed by atoms with Crippen LogP contribution < -0.4 is 10.6 Å². The Hall–Kier alpha value is -1.57. The number of nitrogens with one attached hydrogen (secondary N) is 2. The average Bonchev–Trinajstić information content (AvgIpc) is 2.15. The van der Waals surface area contributed by atoms with Crippen molar-refractivity contribution in [2.24, 2.45) is 5.41 Å². The number of carbonyl (C=O) groups is 2. The second-order valence-corrected chi connectivity index (χ2v) is 4.78. The molecule has 1 aliphatic carbocycles. The number of amides is 2. The molecule has 0 heterocycles. The van der Waals surface area contributed by atoms with Gasteiger partial charge in [0.05, 0.1) is 6.07 Å². The first-order valence-electron chi connectivity index (χ1n) is 5.99. The molecule has 2 amide bonds. The van der Waals surface area contributed by atoms with E-state index in [1.807, 2.05) is 13.8 Å². The summed E-state index contributed by atoms with van der Waals surface area (Å²) in [5.41, 5.74) is -0.825. The van der Waals surface area contributed by atoms with E-state index in [0.29, 0.717) is 19.4 Å². The van der Waals surface area contributed by atoms with E-state index in [1.165, 1.54) is 0 Å². The molecule has 0 bridgehead atoms. The van der Waals surface area contributed by atoms with Crippen LogP contribution in [0, 0.1) is 16.7 Å². The van der Waals surface area contributed by atoms with Crippen LogP contribution in [0.25, 0.3) is 0 Å². The molecule has 1 saturated carbocycles. The molecule has 0 radical (unpaired) electrons. The van der Waals surface area contributed by atoms with Crippen LogP contribution in [0.4, 0.5) is 0 Å². The predicted octanol–water partition coefficient (Wildman–Crippen LogP) is 0.711. The molecule has 1 aliphatic rings. The Morgan fingerprint density at radius 3 is 2.47 bits per heavy atom. The fraction of sp³-hybridized carbons (Fsp3) is 0.750. The number of rotatable bonds is 5. The Bertz CT molecular complexity index is 340. The molecule has 0 spiro atoms. The minimum atomic E-state index is -0.825. The Balaban J connectivity index is 2.25. The zero-order chi connectivity index (χ0) is 12.9. The van der Waals surface area contributed by atoms with Crippen molar-refractivity contribution in [3.8, 4) is 6.07 Å². The molecule has 2 N–H and O–H groups in total. The molecule has 0 saturated heterocycles. The zero-order valence-electron chi connectivity index (χ0n) is 10.4. The van der Waals surface area contributed by atoms with Gasteiger partial charge in [-0.25, -0.2) is 0 Å². The summed E-state index contributed by atoms with van der Waals surface area (Å²) in [6.07, 6.45) is 2.45. The number of hydrogen-bond acceptors (Lipinski definition) is 3. The van der Waals surface area contributed by atoms with E-state index in [9.17, 15) is 9.59 Å². The van der Waals surface area contributed by atoms with E-state index in [0.717, 1.165) is 6.42 Å². The van der Waals surface area contributed by atoms with Crippen LogP contribution in [0.15, 0.2) is 0 Å². The first-order valence-corrected chi connectivity index (χ1v) is 5.99. The van der Waals surface area contributed by atoms with Crippen molar-refractivity contribution in [3.63, 3.8) is 0 Å². The third-order valence-electron chi connectivity index (χ3n) is 2.94. The highest BCUT2D eigenvalue weighted by atomic mass is 16.2. The summed E-state index contributed by atoms with van der Waals surface area (Å²) in [4.78, 5) is 23.0. The molecular formula is C12H19N3O2. The molecule has 1 fully saturated rings. The van der Waals surface area contributed by atoms with Gasteiger partial charge in [-0.05, 0) is 33.1 Å². The average molecular weight is 237 g/mol. The second-order valence-electron chi connectivity index (χ2n) is 4.78. The van der Waals surface area contributed by atoms with Gasteiger partial charge in [-0.2, -0.15) is 5.26 Å². The highest BCUT2D eigenvalue weighted by Gasteiger charge is 2.44. The van der Waals surface area contributed by atoms with E-state index in [4.69, 9.17) is 5.26 Å². The summed E-state index contributed by atoms with van der Waals surface area (Å²) in [5, 5.41) is 14.3. The lowest BCUT2D eigenvalue weighted by atomic mass is 9.69. The fourth-order valence-electron chi connectivity index (χ4n) is 1.77. The third kappa shape index (κ3) is 3.45. The van der Waals surface area contributed by atoms with Gasteiger partial charge in [-0.15, -0.1) is 0 Å². The number of nitriles is 1. The molecule has 0 aliphatic heterocycles. The highest BCUT2D eigenvalue weighted by molar-refractivity contribution is 5.86. The van der Waals surface area contributed by atoms with Crippen molar-refractivity contribution in [3.05, 3.63) is 0 Å². The topological polar surface area (TPSA) is 82.0 Å². The summed E-state index contributed by atoms with van der Waals surface area (Å²) in [6.45, 7) is 4.06. The summed E-state index contributed by atoms with van der Waals surface area (Å²) in [5.74, 6) is -0.316. The van der Waals surface area contributed by atoms with Crippen LogP contribution in [0.3, 0.4) is 0 Å². The third-order valence-corrected chi connectivity index (χ3v) is 2.94. The monoisotopic (exact) mass is 237 g/mol. The zero-order valence-corrected chi connectivity index (χ0v) is 10.4. The maximum absolute atomic E-state index is 11.7. The second kappa shape index (κ2) is 5.67. The minimum Gasteiger partial charge on any atom is -0.354 e. The van der Waals surface area contributed by atoms with Gasteiger partial charge < -0.3 is 10.6 Å². The molecule has 0 aromatic heterocycles. The first kappa shape index (κ1) is 13.5. The Morgan fingerprint density at radius 1 is 1.41 bits per heavy atom. The molecule has 0 aromatic rings. The maximum atomic E-state index is 11.7. The molecule has 0 unspecified atom stereocenters. The SMILES string of the molecule is CC(C)NC(=O)CCNC(=O)C1(C#N)CCC1. The van der Waals surface area contributed by atoms with Crippen LogP contribution >= 0.6 is 0 Å². The van der Waals surface area contributed by atoms with Crippen molar-refractivity contribution in [2.75, 3.05) is 6.54 Å². The molecular weight excluding hydrogens is 218 g/mol. The van der Waals surface area contributed by atoms with E-state index in [2.05, 4.69) is 16.7 Å². The van der Waals surface area contributed by atoms with Crippen LogP contribution in [-0.4, -0.2) is 24.4 Å². The van der Waals surface area contributed by atoms with Crippen LogP contribution in [0.1, 0.15) is 39.5 Å². The van der Waals surface area contributed by atoms with Gasteiger partial charge in [0, 0.05) is 19.0 Å². The van der Waals surface area contributed by atoms with Gasteiger partial charge in [-0.3, -0.25) is 9.59 Å². The molecule has 5 nitrogen and oxygen atoms in total. The molecule has 0 aromatic carbocycles. The van der Waals surface area contributed by atoms with Gasteiger partial charge in [0.15, 0.2) is 0 Å². The summed E-state index contributed by atoms with van der Waals surface area (Å²) in [6, 6.07) is 2.18. The van der Waals surface area contributed by atoms with Crippen LogP contribution in [-0.2, 0) is 9.59 Å². The van der Waals surface area contributed by atoms with Gasteiger partial charge in [0.2, 0.25) is 11.8 Å². The lowest BCUT2D eigenvalue weighted by Crippen LogP contribution is -2.45. The van der Waals surface area contributed by atoms with Gasteiger partial charge in [0.25, 0.3) is 0 Å². The fourth-order valence-corrected chi connectivity index (χ4v) is 1.77. The Kier molecular flexibility index (Phi) is 4.50. The number of carbonyl (C=O) groups excluding carboxylic acids is 2. The van der Waals surface area contributed by atoms with Crippen LogP contribution in [0.5, 0.6) is 0 Å². The normalized spacial score (nSPS) is 16.8. The maximum Gasteiger partial charge on any atom is 0.240 e. The summed E-state index contributed by atoms with van der Waals surface area (Å²) < 4.78 is 0. The molecule has 5 heteroatoms. The summed E-state index contributed by atoms with van der Waals surface area (Å²) in [7, 11) is 0. The molecule has 0 atom stereocenters. The molecule has 1 rings (SSSR count). The lowest BCUT2D eigenvalue weighted by molar-refractivity contribution is -0.131. The lowest BCUT2D eigenvalue weighted by Gasteiger charge is -2.33. The van der Waals surface area contributed by atoms with E-state index >= 15 is 0 Å². The van der Waals surface area contributed by atoms with E-state index < -0.39 is 5.41 Å². The first-order chi connectivity index (χ1) is 8.00. The van der Waals surface area contributed by atoms with Crippen molar-refractivity contribution in [1.82, 2.24) is 10.6 Å². The predicted molar refractivity (Wildman–Crippen MR) is 62.8 cm³/mol. The van der Waals surface area contributed by atoms with E-state index in [1.54, 1.807) is 0 Å². The summed E-state index contributed by atoms with van der Waals surface area (Å²) >= 11 is 0. The number of nitrogens with zero attached hydrogens (tertiary/aromatic N) is 1. The smallest absolute Gasteiger partial charge is 0.240 e. The quantitative estimate of drug-likeness (QED) is 0.738.